The SMILES string of the molecule is c1ccc(-c2ccc3ccc4ccc(-c5cccc(-c6nc7ccccc7c7c8c(ccc67)C6(c7ccccc7Oc7ccccc76)c6ccccc6-8)c5)nc4c3n2)cc1. The summed E-state index contributed by atoms with van der Waals surface area (Å²) in [6.45, 7) is 0. The fraction of sp³-hybridized carbons (Fsp3) is 0.0179. The van der Waals surface area contributed by atoms with Gasteiger partial charge in [-0.15, -0.1) is 0 Å². The van der Waals surface area contributed by atoms with Crippen molar-refractivity contribution in [1.29, 1.82) is 0 Å². The lowest BCUT2D eigenvalue weighted by Crippen LogP contribution is -2.32. The van der Waals surface area contributed by atoms with Crippen LogP contribution in [0.15, 0.2) is 200 Å². The Labute approximate surface area is 346 Å². The minimum absolute atomic E-state index is 0.557. The molecule has 0 atom stereocenters. The van der Waals surface area contributed by atoms with E-state index < -0.39 is 5.41 Å². The van der Waals surface area contributed by atoms with Gasteiger partial charge in [0.2, 0.25) is 0 Å². The highest BCUT2D eigenvalue weighted by molar-refractivity contribution is 6.19. The molecule has 4 heterocycles. The second kappa shape index (κ2) is 12.5. The normalized spacial score (nSPS) is 13.3. The van der Waals surface area contributed by atoms with E-state index in [1.54, 1.807) is 0 Å². The van der Waals surface area contributed by atoms with E-state index in [9.17, 15) is 0 Å². The average Bonchev–Trinajstić information content (AvgIpc) is 3.62. The van der Waals surface area contributed by atoms with Crippen molar-refractivity contribution in [2.75, 3.05) is 0 Å². The third-order valence-corrected chi connectivity index (χ3v) is 12.7. The zero-order valence-electron chi connectivity index (χ0n) is 32.3. The van der Waals surface area contributed by atoms with Crippen LogP contribution >= 0.6 is 0 Å². The van der Waals surface area contributed by atoms with Crippen LogP contribution in [0.2, 0.25) is 0 Å². The lowest BCUT2D eigenvalue weighted by Gasteiger charge is -2.39. The molecule has 13 rings (SSSR count). The van der Waals surface area contributed by atoms with Crippen molar-refractivity contribution in [3.8, 4) is 56.4 Å². The summed E-state index contributed by atoms with van der Waals surface area (Å²) in [6, 6.07) is 71.1. The number of fused-ring (bicyclic) bond motifs is 16. The summed E-state index contributed by atoms with van der Waals surface area (Å²) in [6.07, 6.45) is 0. The Kier molecular flexibility index (Phi) is 6.90. The summed E-state index contributed by atoms with van der Waals surface area (Å²) in [4.78, 5) is 15.9. The molecule has 4 nitrogen and oxygen atoms in total. The van der Waals surface area contributed by atoms with Crippen molar-refractivity contribution >= 4 is 43.5 Å². The van der Waals surface area contributed by atoms with E-state index in [0.717, 1.165) is 94.5 Å². The summed E-state index contributed by atoms with van der Waals surface area (Å²) in [5.41, 5.74) is 15.4. The molecule has 0 saturated heterocycles. The van der Waals surface area contributed by atoms with Gasteiger partial charge in [0.15, 0.2) is 0 Å². The fourth-order valence-electron chi connectivity index (χ4n) is 10.1. The third kappa shape index (κ3) is 4.59. The molecule has 4 heteroatoms. The van der Waals surface area contributed by atoms with Crippen molar-refractivity contribution in [2.24, 2.45) is 0 Å². The van der Waals surface area contributed by atoms with Crippen LogP contribution in [0.1, 0.15) is 22.3 Å². The van der Waals surface area contributed by atoms with Gasteiger partial charge in [-0.25, -0.2) is 15.0 Å². The molecule has 0 fully saturated rings. The standard InChI is InChI=1S/C56H33N3O/c1-2-13-34(14-3-1)46-31-27-35-25-26-36-28-32-47(58-55(36)54(35)57-46)37-15-12-16-38(33-37)53-41-29-30-45-52(51(41)40-18-5-9-22-48(40)59-53)39-17-4-6-19-42(39)56(45)43-20-7-10-23-49(43)60-50-24-11-8-21-44(50)56/h1-33H. The molecule has 60 heavy (non-hydrogen) atoms. The number of hydrogen-bond donors (Lipinski definition) is 0. The van der Waals surface area contributed by atoms with Gasteiger partial charge in [0.1, 0.15) is 11.5 Å². The number of aromatic nitrogens is 3. The van der Waals surface area contributed by atoms with Gasteiger partial charge in [-0.1, -0.05) is 164 Å². The van der Waals surface area contributed by atoms with Gasteiger partial charge in [0.05, 0.1) is 39.0 Å². The van der Waals surface area contributed by atoms with E-state index in [0.29, 0.717) is 0 Å². The van der Waals surface area contributed by atoms with Gasteiger partial charge in [-0.3, -0.25) is 0 Å². The zero-order valence-corrected chi connectivity index (χ0v) is 32.3. The Morgan fingerprint density at radius 1 is 0.383 bits per heavy atom. The van der Waals surface area contributed by atoms with Crippen LogP contribution in [0.5, 0.6) is 11.5 Å². The molecule has 0 amide bonds. The molecule has 1 spiro atoms. The fourth-order valence-corrected chi connectivity index (χ4v) is 10.1. The molecule has 2 aliphatic rings. The van der Waals surface area contributed by atoms with Crippen LogP contribution in [0, 0.1) is 0 Å². The molecule has 8 aromatic carbocycles. The van der Waals surface area contributed by atoms with Gasteiger partial charge in [-0.05, 0) is 58.7 Å². The third-order valence-electron chi connectivity index (χ3n) is 12.7. The Balaban J connectivity index is 1.04. The van der Waals surface area contributed by atoms with E-state index in [1.807, 2.05) is 18.2 Å². The van der Waals surface area contributed by atoms with Crippen molar-refractivity contribution in [1.82, 2.24) is 15.0 Å². The number of ether oxygens (including phenoxy) is 1. The molecule has 0 bridgehead atoms. The second-order valence-corrected chi connectivity index (χ2v) is 15.8. The first-order valence-electron chi connectivity index (χ1n) is 20.4. The maximum absolute atomic E-state index is 6.63. The lowest BCUT2D eigenvalue weighted by atomic mass is 9.66. The highest BCUT2D eigenvalue weighted by Gasteiger charge is 2.51. The second-order valence-electron chi connectivity index (χ2n) is 15.8. The van der Waals surface area contributed by atoms with Crippen LogP contribution in [0.25, 0.3) is 88.4 Å². The maximum atomic E-state index is 6.63. The molecule has 278 valence electrons. The van der Waals surface area contributed by atoms with E-state index >= 15 is 0 Å². The molecular formula is C56H33N3O. The maximum Gasteiger partial charge on any atom is 0.132 e. The van der Waals surface area contributed by atoms with Gasteiger partial charge in [-0.2, -0.15) is 0 Å². The quantitative estimate of drug-likeness (QED) is 0.168. The Morgan fingerprint density at radius 2 is 0.967 bits per heavy atom. The predicted octanol–water partition coefficient (Wildman–Crippen LogP) is 14.0. The van der Waals surface area contributed by atoms with Crippen LogP contribution in [-0.2, 0) is 5.41 Å². The first kappa shape index (κ1) is 33.1. The smallest absolute Gasteiger partial charge is 0.132 e. The molecule has 0 radical (unpaired) electrons. The molecule has 0 saturated carbocycles. The topological polar surface area (TPSA) is 47.9 Å². The predicted molar refractivity (Wildman–Crippen MR) is 244 cm³/mol. The number of rotatable bonds is 3. The highest BCUT2D eigenvalue weighted by atomic mass is 16.5. The first-order valence-corrected chi connectivity index (χ1v) is 20.4. The van der Waals surface area contributed by atoms with Crippen LogP contribution < -0.4 is 4.74 Å². The van der Waals surface area contributed by atoms with Crippen molar-refractivity contribution in [3.05, 3.63) is 222 Å². The van der Waals surface area contributed by atoms with Gasteiger partial charge in [0, 0.05) is 54.7 Å². The lowest BCUT2D eigenvalue weighted by molar-refractivity contribution is 0.436. The summed E-state index contributed by atoms with van der Waals surface area (Å²) in [5, 5.41) is 5.58. The molecule has 11 aromatic rings. The molecule has 0 unspecified atom stereocenters. The minimum Gasteiger partial charge on any atom is -0.457 e. The van der Waals surface area contributed by atoms with E-state index in [1.165, 1.54) is 27.6 Å². The minimum atomic E-state index is -0.557. The monoisotopic (exact) mass is 763 g/mol. The van der Waals surface area contributed by atoms with Crippen molar-refractivity contribution in [2.45, 2.75) is 5.41 Å². The van der Waals surface area contributed by atoms with Gasteiger partial charge in [0.25, 0.3) is 0 Å². The molecule has 3 aromatic heterocycles. The Morgan fingerprint density at radius 3 is 1.72 bits per heavy atom. The van der Waals surface area contributed by atoms with Crippen LogP contribution in [0.3, 0.4) is 0 Å². The largest absolute Gasteiger partial charge is 0.457 e. The number of nitrogens with zero attached hydrogens (tertiary/aromatic N) is 3. The number of hydrogen-bond acceptors (Lipinski definition) is 4. The zero-order chi connectivity index (χ0) is 39.4. The number of benzene rings is 8. The summed E-state index contributed by atoms with van der Waals surface area (Å²) in [5.74, 6) is 1.78. The van der Waals surface area contributed by atoms with Crippen LogP contribution in [-0.4, -0.2) is 15.0 Å². The van der Waals surface area contributed by atoms with E-state index in [4.69, 9.17) is 19.7 Å². The van der Waals surface area contributed by atoms with Crippen molar-refractivity contribution in [3.63, 3.8) is 0 Å². The molecule has 1 aliphatic heterocycles. The molecule has 0 N–H and O–H groups in total. The highest BCUT2D eigenvalue weighted by Crippen LogP contribution is 2.63. The van der Waals surface area contributed by atoms with Crippen molar-refractivity contribution < 1.29 is 4.74 Å². The average molecular weight is 764 g/mol. The molecular weight excluding hydrogens is 731 g/mol. The number of para-hydroxylation sites is 3. The van der Waals surface area contributed by atoms with E-state index in [-0.39, 0.29) is 0 Å². The molecule has 1 aliphatic carbocycles. The Bertz CT molecular complexity index is 3550. The van der Waals surface area contributed by atoms with Gasteiger partial charge >= 0.3 is 0 Å². The summed E-state index contributed by atoms with van der Waals surface area (Å²) >= 11 is 0. The Hall–Kier alpha value is -7.95. The van der Waals surface area contributed by atoms with Gasteiger partial charge < -0.3 is 4.74 Å². The van der Waals surface area contributed by atoms with Crippen LogP contribution in [0.4, 0.5) is 0 Å². The number of pyridine rings is 3. The first-order chi connectivity index (χ1) is 29.7. The summed E-state index contributed by atoms with van der Waals surface area (Å²) in [7, 11) is 0. The summed E-state index contributed by atoms with van der Waals surface area (Å²) < 4.78 is 6.63. The van der Waals surface area contributed by atoms with E-state index in [2.05, 4.69) is 182 Å².